The molecule has 2 rings (SSSR count). The largest absolute Gasteiger partial charge is 0.323 e. The summed E-state index contributed by atoms with van der Waals surface area (Å²) in [6.45, 7) is 5.86. The van der Waals surface area contributed by atoms with E-state index in [0.29, 0.717) is 17.2 Å². The summed E-state index contributed by atoms with van der Waals surface area (Å²) < 4.78 is 15.8. The van der Waals surface area contributed by atoms with Crippen molar-refractivity contribution >= 4 is 11.6 Å². The van der Waals surface area contributed by atoms with E-state index >= 15 is 0 Å². The van der Waals surface area contributed by atoms with Crippen LogP contribution in [0.2, 0.25) is 0 Å². The molecule has 17 heavy (non-hydrogen) atoms. The quantitative estimate of drug-likeness (QED) is 0.876. The molecule has 4 heteroatoms. The highest BCUT2D eigenvalue weighted by atomic mass is 19.1. The Hall–Kier alpha value is -1.84. The lowest BCUT2D eigenvalue weighted by atomic mass is 10.2. The van der Waals surface area contributed by atoms with Crippen molar-refractivity contribution in [3.8, 4) is 0 Å². The van der Waals surface area contributed by atoms with Gasteiger partial charge in [-0.1, -0.05) is 12.1 Å². The van der Waals surface area contributed by atoms with Crippen molar-refractivity contribution in [2.24, 2.45) is 0 Å². The molecule has 3 nitrogen and oxygen atoms in total. The van der Waals surface area contributed by atoms with E-state index in [1.165, 1.54) is 0 Å². The number of halogens is 1. The fraction of sp³-hybridized carbons (Fsp3) is 0.308. The summed E-state index contributed by atoms with van der Waals surface area (Å²) in [6, 6.07) is 5.56. The molecule has 0 saturated heterocycles. The number of rotatable bonds is 3. The topological polar surface area (TPSA) is 29.9 Å². The Kier molecular flexibility index (Phi) is 3.13. The molecule has 90 valence electrons. The van der Waals surface area contributed by atoms with E-state index in [1.807, 2.05) is 16.8 Å². The van der Waals surface area contributed by atoms with E-state index in [2.05, 4.69) is 24.1 Å². The van der Waals surface area contributed by atoms with Gasteiger partial charge in [-0.2, -0.15) is 0 Å². The summed E-state index contributed by atoms with van der Waals surface area (Å²) in [6.07, 6.45) is 3.58. The van der Waals surface area contributed by atoms with E-state index in [-0.39, 0.29) is 11.9 Å². The minimum atomic E-state index is -0.231. The average Bonchev–Trinajstić information content (AvgIpc) is 2.73. The van der Waals surface area contributed by atoms with Crippen molar-refractivity contribution in [1.82, 2.24) is 9.55 Å². The minimum absolute atomic E-state index is 0.231. The fourth-order valence-electron chi connectivity index (χ4n) is 1.69. The van der Waals surface area contributed by atoms with E-state index in [1.54, 1.807) is 25.3 Å². The van der Waals surface area contributed by atoms with E-state index in [0.717, 1.165) is 0 Å². The molecule has 0 aliphatic rings. The van der Waals surface area contributed by atoms with Gasteiger partial charge in [0.2, 0.25) is 5.95 Å². The molecule has 0 saturated carbocycles. The van der Waals surface area contributed by atoms with Crippen LogP contribution in [0.4, 0.5) is 16.0 Å². The maximum Gasteiger partial charge on any atom is 0.207 e. The molecule has 1 aromatic heterocycles. The first kappa shape index (κ1) is 11.6. The molecule has 0 spiro atoms. The predicted molar refractivity (Wildman–Crippen MR) is 67.0 cm³/mol. The zero-order valence-electron chi connectivity index (χ0n) is 10.2. The maximum absolute atomic E-state index is 13.8. The van der Waals surface area contributed by atoms with Gasteiger partial charge in [0.15, 0.2) is 0 Å². The number of nitrogens with zero attached hydrogens (tertiary/aromatic N) is 2. The van der Waals surface area contributed by atoms with Gasteiger partial charge in [0, 0.05) is 18.4 Å². The van der Waals surface area contributed by atoms with Crippen LogP contribution in [0.3, 0.4) is 0 Å². The molecule has 1 aromatic carbocycles. The first-order chi connectivity index (χ1) is 8.09. The lowest BCUT2D eigenvalue weighted by Gasteiger charge is -2.13. The van der Waals surface area contributed by atoms with Gasteiger partial charge >= 0.3 is 0 Å². The number of imidazole rings is 1. The van der Waals surface area contributed by atoms with E-state index in [4.69, 9.17) is 0 Å². The Morgan fingerprint density at radius 2 is 2.12 bits per heavy atom. The van der Waals surface area contributed by atoms with Crippen LogP contribution in [-0.2, 0) is 0 Å². The molecule has 0 bridgehead atoms. The zero-order valence-corrected chi connectivity index (χ0v) is 10.2. The van der Waals surface area contributed by atoms with Gasteiger partial charge in [0.1, 0.15) is 5.82 Å². The summed E-state index contributed by atoms with van der Waals surface area (Å²) in [5.74, 6) is 0.426. The first-order valence-corrected chi connectivity index (χ1v) is 5.64. The van der Waals surface area contributed by atoms with Gasteiger partial charge in [0.25, 0.3) is 0 Å². The summed E-state index contributed by atoms with van der Waals surface area (Å²) in [4.78, 5) is 4.19. The highest BCUT2D eigenvalue weighted by Crippen LogP contribution is 2.22. The molecule has 0 unspecified atom stereocenters. The standard InChI is InChI=1S/C13H16FN3/c1-9(2)17-8-7-15-13(17)16-11-6-4-5-10(3)12(11)14/h4-9H,1-3H3,(H,15,16). The Bertz CT molecular complexity index is 517. The number of aryl methyl sites for hydroxylation is 1. The van der Waals surface area contributed by atoms with Crippen molar-refractivity contribution in [3.05, 3.63) is 42.0 Å². The Balaban J connectivity index is 2.32. The fourth-order valence-corrected chi connectivity index (χ4v) is 1.69. The number of hydrogen-bond donors (Lipinski definition) is 1. The molecular weight excluding hydrogens is 217 g/mol. The second kappa shape index (κ2) is 4.57. The van der Waals surface area contributed by atoms with Crippen LogP contribution in [0.15, 0.2) is 30.6 Å². The Morgan fingerprint density at radius 3 is 2.82 bits per heavy atom. The van der Waals surface area contributed by atoms with Crippen molar-refractivity contribution in [1.29, 1.82) is 0 Å². The van der Waals surface area contributed by atoms with Crippen LogP contribution in [-0.4, -0.2) is 9.55 Å². The molecule has 2 aromatic rings. The van der Waals surface area contributed by atoms with Crippen LogP contribution < -0.4 is 5.32 Å². The minimum Gasteiger partial charge on any atom is -0.323 e. The van der Waals surface area contributed by atoms with Gasteiger partial charge in [-0.3, -0.25) is 0 Å². The Morgan fingerprint density at radius 1 is 1.35 bits per heavy atom. The van der Waals surface area contributed by atoms with Crippen LogP contribution >= 0.6 is 0 Å². The van der Waals surface area contributed by atoms with Crippen molar-refractivity contribution in [2.45, 2.75) is 26.8 Å². The number of nitrogens with one attached hydrogen (secondary N) is 1. The Labute approximate surface area is 100 Å². The number of anilines is 2. The second-order valence-corrected chi connectivity index (χ2v) is 4.31. The van der Waals surface area contributed by atoms with Gasteiger partial charge in [0.05, 0.1) is 5.69 Å². The predicted octanol–water partition coefficient (Wildman–Crippen LogP) is 3.66. The number of hydrogen-bond acceptors (Lipinski definition) is 2. The molecule has 0 radical (unpaired) electrons. The van der Waals surface area contributed by atoms with E-state index < -0.39 is 0 Å². The van der Waals surface area contributed by atoms with Gasteiger partial charge in [-0.05, 0) is 32.4 Å². The normalized spacial score (nSPS) is 10.9. The number of aromatic nitrogens is 2. The van der Waals surface area contributed by atoms with E-state index in [9.17, 15) is 4.39 Å². The van der Waals surface area contributed by atoms with Gasteiger partial charge in [-0.25, -0.2) is 9.37 Å². The molecule has 0 fully saturated rings. The van der Waals surface area contributed by atoms with Crippen LogP contribution in [0.1, 0.15) is 25.5 Å². The second-order valence-electron chi connectivity index (χ2n) is 4.31. The van der Waals surface area contributed by atoms with Gasteiger partial charge < -0.3 is 9.88 Å². The highest BCUT2D eigenvalue weighted by Gasteiger charge is 2.09. The summed E-state index contributed by atoms with van der Waals surface area (Å²) >= 11 is 0. The van der Waals surface area contributed by atoms with Crippen molar-refractivity contribution < 1.29 is 4.39 Å². The third-order valence-electron chi connectivity index (χ3n) is 2.66. The van der Waals surface area contributed by atoms with Crippen molar-refractivity contribution in [3.63, 3.8) is 0 Å². The molecule has 0 atom stereocenters. The third kappa shape index (κ3) is 2.30. The summed E-state index contributed by atoms with van der Waals surface area (Å²) in [5, 5.41) is 3.02. The molecule has 0 amide bonds. The number of benzene rings is 1. The monoisotopic (exact) mass is 233 g/mol. The molecular formula is C13H16FN3. The first-order valence-electron chi connectivity index (χ1n) is 5.64. The zero-order chi connectivity index (χ0) is 12.4. The third-order valence-corrected chi connectivity index (χ3v) is 2.66. The van der Waals surface area contributed by atoms with Crippen LogP contribution in [0.5, 0.6) is 0 Å². The lowest BCUT2D eigenvalue weighted by molar-refractivity contribution is 0.603. The molecule has 1 heterocycles. The van der Waals surface area contributed by atoms with Crippen LogP contribution in [0.25, 0.3) is 0 Å². The smallest absolute Gasteiger partial charge is 0.207 e. The van der Waals surface area contributed by atoms with Crippen molar-refractivity contribution in [2.75, 3.05) is 5.32 Å². The molecule has 0 aliphatic heterocycles. The SMILES string of the molecule is Cc1cccc(Nc2nccn2C(C)C)c1F. The molecule has 1 N–H and O–H groups in total. The average molecular weight is 233 g/mol. The maximum atomic E-state index is 13.8. The van der Waals surface area contributed by atoms with Crippen LogP contribution in [0, 0.1) is 12.7 Å². The highest BCUT2D eigenvalue weighted by molar-refractivity contribution is 5.55. The summed E-state index contributed by atoms with van der Waals surface area (Å²) in [7, 11) is 0. The molecule has 0 aliphatic carbocycles. The summed E-state index contributed by atoms with van der Waals surface area (Å²) in [5.41, 5.74) is 1.08. The van der Waals surface area contributed by atoms with Gasteiger partial charge in [-0.15, -0.1) is 0 Å². The lowest BCUT2D eigenvalue weighted by Crippen LogP contribution is -2.06.